The molecule has 0 aliphatic rings. The van der Waals surface area contributed by atoms with E-state index in [0.717, 1.165) is 0 Å². The number of hydrogen-bond acceptors (Lipinski definition) is 2. The third kappa shape index (κ3) is 3.75. The maximum Gasteiger partial charge on any atom is 0.335 e. The molecular weight excluding hydrogens is 291 g/mol. The van der Waals surface area contributed by atoms with Crippen LogP contribution in [0.15, 0.2) is 12.1 Å². The Morgan fingerprint density at radius 3 is 2.05 bits per heavy atom. The highest BCUT2D eigenvalue weighted by Crippen LogP contribution is 2.32. The first-order valence-corrected chi connectivity index (χ1v) is 6.44. The minimum Gasteiger partial charge on any atom is -0.478 e. The van der Waals surface area contributed by atoms with E-state index in [4.69, 9.17) is 28.3 Å². The molecule has 0 saturated heterocycles. The molecule has 2 amide bonds. The molecule has 2 N–H and O–H groups in total. The van der Waals surface area contributed by atoms with Crippen LogP contribution in [0.4, 0.5) is 10.5 Å². The van der Waals surface area contributed by atoms with E-state index in [2.05, 4.69) is 5.32 Å². The first-order chi connectivity index (χ1) is 8.90. The molecule has 0 aliphatic heterocycles. The first-order valence-electron chi connectivity index (χ1n) is 5.68. The van der Waals surface area contributed by atoms with E-state index in [-0.39, 0.29) is 27.3 Å². The van der Waals surface area contributed by atoms with Crippen LogP contribution >= 0.6 is 23.2 Å². The number of aromatic carboxylic acids is 1. The second-order valence-electron chi connectivity index (χ2n) is 3.72. The number of hydrogen-bond donors (Lipinski definition) is 2. The predicted octanol–water partition coefficient (Wildman–Crippen LogP) is 3.57. The number of halogens is 2. The number of carbonyl (C=O) groups excluding carboxylic acids is 1. The van der Waals surface area contributed by atoms with Crippen molar-refractivity contribution >= 4 is 40.9 Å². The number of urea groups is 1. The molecular formula is C12H14Cl2N2O3. The van der Waals surface area contributed by atoms with Gasteiger partial charge < -0.3 is 15.3 Å². The molecule has 1 aromatic rings. The van der Waals surface area contributed by atoms with Crippen LogP contribution in [-0.4, -0.2) is 35.1 Å². The number of carbonyl (C=O) groups is 2. The van der Waals surface area contributed by atoms with Crippen molar-refractivity contribution in [3.05, 3.63) is 27.7 Å². The van der Waals surface area contributed by atoms with Gasteiger partial charge in [-0.15, -0.1) is 0 Å². The summed E-state index contributed by atoms with van der Waals surface area (Å²) < 4.78 is 0. The minimum absolute atomic E-state index is 0.0316. The van der Waals surface area contributed by atoms with Gasteiger partial charge >= 0.3 is 12.0 Å². The van der Waals surface area contributed by atoms with Gasteiger partial charge in [0.15, 0.2) is 0 Å². The predicted molar refractivity (Wildman–Crippen MR) is 75.4 cm³/mol. The molecule has 0 aliphatic carbocycles. The molecule has 0 fully saturated rings. The van der Waals surface area contributed by atoms with Gasteiger partial charge in [0.2, 0.25) is 0 Å². The van der Waals surface area contributed by atoms with Gasteiger partial charge in [-0.1, -0.05) is 23.2 Å². The normalized spacial score (nSPS) is 10.1. The first kappa shape index (κ1) is 15.6. The molecule has 5 nitrogen and oxygen atoms in total. The zero-order chi connectivity index (χ0) is 14.6. The fraction of sp³-hybridized carbons (Fsp3) is 0.333. The molecule has 0 saturated carbocycles. The van der Waals surface area contributed by atoms with Crippen LogP contribution in [0, 0.1) is 0 Å². The Morgan fingerprint density at radius 1 is 1.21 bits per heavy atom. The largest absolute Gasteiger partial charge is 0.478 e. The van der Waals surface area contributed by atoms with E-state index in [0.29, 0.717) is 13.1 Å². The molecule has 0 unspecified atom stereocenters. The molecule has 19 heavy (non-hydrogen) atoms. The molecule has 0 bridgehead atoms. The highest BCUT2D eigenvalue weighted by Gasteiger charge is 2.16. The number of amides is 2. The van der Waals surface area contributed by atoms with Crippen molar-refractivity contribution in [3.8, 4) is 0 Å². The summed E-state index contributed by atoms with van der Waals surface area (Å²) in [5, 5.41) is 11.6. The van der Waals surface area contributed by atoms with Crippen LogP contribution in [0.5, 0.6) is 0 Å². The summed E-state index contributed by atoms with van der Waals surface area (Å²) in [5.74, 6) is -1.13. The van der Waals surface area contributed by atoms with E-state index in [9.17, 15) is 9.59 Å². The second kappa shape index (κ2) is 6.63. The second-order valence-corrected chi connectivity index (χ2v) is 4.54. The number of carboxylic acid groups (broad SMARTS) is 1. The zero-order valence-corrected chi connectivity index (χ0v) is 12.0. The number of nitrogens with zero attached hydrogens (tertiary/aromatic N) is 1. The van der Waals surface area contributed by atoms with Crippen molar-refractivity contribution in [2.24, 2.45) is 0 Å². The van der Waals surface area contributed by atoms with Crippen molar-refractivity contribution in [2.75, 3.05) is 18.4 Å². The van der Waals surface area contributed by atoms with E-state index in [1.807, 2.05) is 13.8 Å². The quantitative estimate of drug-likeness (QED) is 0.893. The van der Waals surface area contributed by atoms with Gasteiger partial charge in [0.1, 0.15) is 0 Å². The molecule has 1 aromatic carbocycles. The third-order valence-corrected chi connectivity index (χ3v) is 3.17. The molecule has 1 rings (SSSR count). The molecule has 0 aromatic heterocycles. The lowest BCUT2D eigenvalue weighted by Gasteiger charge is -2.20. The monoisotopic (exact) mass is 304 g/mol. The smallest absolute Gasteiger partial charge is 0.335 e. The summed E-state index contributed by atoms with van der Waals surface area (Å²) >= 11 is 11.9. The summed E-state index contributed by atoms with van der Waals surface area (Å²) in [6.07, 6.45) is 0. The Hall–Kier alpha value is -1.46. The fourth-order valence-corrected chi connectivity index (χ4v) is 2.09. The van der Waals surface area contributed by atoms with Crippen LogP contribution < -0.4 is 5.32 Å². The molecule has 0 atom stereocenters. The molecule has 104 valence electrons. The average molecular weight is 305 g/mol. The summed E-state index contributed by atoms with van der Waals surface area (Å²) in [7, 11) is 0. The number of nitrogens with one attached hydrogen (secondary N) is 1. The van der Waals surface area contributed by atoms with Crippen molar-refractivity contribution in [2.45, 2.75) is 13.8 Å². The SMILES string of the molecule is CCN(CC)C(=O)Nc1c(Cl)cc(C(=O)O)cc1Cl. The number of anilines is 1. The van der Waals surface area contributed by atoms with Crippen molar-refractivity contribution in [1.29, 1.82) is 0 Å². The molecule has 0 spiro atoms. The summed E-state index contributed by atoms with van der Waals surface area (Å²) in [5.41, 5.74) is 0.182. The number of carboxylic acids is 1. The van der Waals surface area contributed by atoms with Crippen molar-refractivity contribution in [1.82, 2.24) is 4.90 Å². The van der Waals surface area contributed by atoms with E-state index >= 15 is 0 Å². The summed E-state index contributed by atoms with van der Waals surface area (Å²) in [4.78, 5) is 24.3. The van der Waals surface area contributed by atoms with E-state index in [1.54, 1.807) is 4.90 Å². The summed E-state index contributed by atoms with van der Waals surface area (Å²) in [6, 6.07) is 2.15. The van der Waals surface area contributed by atoms with E-state index in [1.165, 1.54) is 12.1 Å². The van der Waals surface area contributed by atoms with Gasteiger partial charge in [0, 0.05) is 13.1 Å². The number of rotatable bonds is 4. The summed E-state index contributed by atoms with van der Waals surface area (Å²) in [6.45, 7) is 4.79. The lowest BCUT2D eigenvalue weighted by atomic mass is 10.2. The number of benzene rings is 1. The van der Waals surface area contributed by atoms with Crippen LogP contribution in [0.25, 0.3) is 0 Å². The van der Waals surface area contributed by atoms with Gasteiger partial charge in [0.25, 0.3) is 0 Å². The maximum atomic E-state index is 11.9. The highest BCUT2D eigenvalue weighted by atomic mass is 35.5. The highest BCUT2D eigenvalue weighted by molar-refractivity contribution is 6.40. The Morgan fingerprint density at radius 2 is 1.68 bits per heavy atom. The maximum absolute atomic E-state index is 11.9. The van der Waals surface area contributed by atoms with E-state index < -0.39 is 5.97 Å². The van der Waals surface area contributed by atoms with Crippen LogP contribution in [-0.2, 0) is 0 Å². The molecule has 0 heterocycles. The lowest BCUT2D eigenvalue weighted by molar-refractivity contribution is 0.0697. The standard InChI is InChI=1S/C12H14Cl2N2O3/c1-3-16(4-2)12(19)15-10-8(13)5-7(11(17)18)6-9(10)14/h5-6H,3-4H2,1-2H3,(H,15,19)(H,17,18). The molecule has 7 heteroatoms. The topological polar surface area (TPSA) is 69.6 Å². The van der Waals surface area contributed by atoms with Crippen molar-refractivity contribution < 1.29 is 14.7 Å². The van der Waals surface area contributed by atoms with Gasteiger partial charge in [-0.05, 0) is 26.0 Å². The Bertz CT molecular complexity index is 479. The van der Waals surface area contributed by atoms with Crippen molar-refractivity contribution in [3.63, 3.8) is 0 Å². The lowest BCUT2D eigenvalue weighted by Crippen LogP contribution is -2.34. The fourth-order valence-electron chi connectivity index (χ4n) is 1.51. The zero-order valence-electron chi connectivity index (χ0n) is 10.5. The average Bonchev–Trinajstić information content (AvgIpc) is 2.34. The van der Waals surface area contributed by atoms with Gasteiger partial charge in [-0.2, -0.15) is 0 Å². The van der Waals surface area contributed by atoms with Gasteiger partial charge in [0.05, 0.1) is 21.3 Å². The van der Waals surface area contributed by atoms with Crippen LogP contribution in [0.3, 0.4) is 0 Å². The van der Waals surface area contributed by atoms with Crippen LogP contribution in [0.1, 0.15) is 24.2 Å². The van der Waals surface area contributed by atoms with Crippen LogP contribution in [0.2, 0.25) is 10.0 Å². The molecule has 0 radical (unpaired) electrons. The minimum atomic E-state index is -1.13. The third-order valence-electron chi connectivity index (χ3n) is 2.57. The van der Waals surface area contributed by atoms with Gasteiger partial charge in [-0.25, -0.2) is 9.59 Å². The Labute approximate surface area is 121 Å². The Kier molecular flexibility index (Phi) is 5.44. The van der Waals surface area contributed by atoms with Gasteiger partial charge in [-0.3, -0.25) is 0 Å². The Balaban J connectivity index is 3.02.